The fourth-order valence-electron chi connectivity index (χ4n) is 0.549. The highest BCUT2D eigenvalue weighted by molar-refractivity contribution is 4.72. The smallest absolute Gasteiger partial charge is 0.0132 e. The molecule has 0 unspecified atom stereocenters. The molecule has 0 aliphatic rings. The van der Waals surface area contributed by atoms with Gasteiger partial charge in [0.15, 0.2) is 0 Å². The lowest BCUT2D eigenvalue weighted by Crippen LogP contribution is -2.26. The van der Waals surface area contributed by atoms with Gasteiger partial charge in [-0.05, 0) is 5.41 Å². The quantitative estimate of drug-likeness (QED) is 0.450. The van der Waals surface area contributed by atoms with Crippen LogP contribution in [0.5, 0.6) is 0 Å². The molecule has 0 aromatic heterocycles. The maximum atomic E-state index is 3.62. The molecule has 0 amide bonds. The molecule has 1 N–H and O–H groups in total. The first-order chi connectivity index (χ1) is 4.06. The Morgan fingerprint density at radius 2 is 2.00 bits per heavy atom. The maximum absolute atomic E-state index is 3.62. The van der Waals surface area contributed by atoms with E-state index in [1.165, 1.54) is 0 Å². The molecule has 0 aliphatic heterocycles. The maximum Gasteiger partial charge on any atom is 0.0132 e. The first kappa shape index (κ1) is 8.70. The van der Waals surface area contributed by atoms with Crippen molar-refractivity contribution in [2.75, 3.05) is 13.1 Å². The Morgan fingerprint density at radius 3 is 2.33 bits per heavy atom. The van der Waals surface area contributed by atoms with Crippen molar-refractivity contribution in [2.24, 2.45) is 5.41 Å². The Kier molecular flexibility index (Phi) is 3.55. The topological polar surface area (TPSA) is 12.0 Å². The Morgan fingerprint density at radius 1 is 1.44 bits per heavy atom. The van der Waals surface area contributed by atoms with Crippen LogP contribution in [0.15, 0.2) is 12.7 Å². The molecule has 0 bridgehead atoms. The van der Waals surface area contributed by atoms with Gasteiger partial charge in [-0.1, -0.05) is 26.8 Å². The van der Waals surface area contributed by atoms with Crippen molar-refractivity contribution in [1.29, 1.82) is 0 Å². The van der Waals surface area contributed by atoms with Crippen LogP contribution in [0.4, 0.5) is 0 Å². The average molecular weight is 127 g/mol. The van der Waals surface area contributed by atoms with E-state index < -0.39 is 0 Å². The lowest BCUT2D eigenvalue weighted by atomic mass is 9.97. The second kappa shape index (κ2) is 3.67. The molecule has 0 saturated carbocycles. The lowest BCUT2D eigenvalue weighted by Gasteiger charge is -2.17. The lowest BCUT2D eigenvalue weighted by molar-refractivity contribution is 0.388. The van der Waals surface area contributed by atoms with Crippen LogP contribution in [-0.2, 0) is 0 Å². The fourth-order valence-corrected chi connectivity index (χ4v) is 0.549. The SMILES string of the molecule is C=CCNCC(C)(C)C. The van der Waals surface area contributed by atoms with Crippen molar-refractivity contribution in [1.82, 2.24) is 5.32 Å². The fraction of sp³-hybridized carbons (Fsp3) is 0.750. The minimum Gasteiger partial charge on any atom is -0.313 e. The highest BCUT2D eigenvalue weighted by Gasteiger charge is 2.07. The predicted octanol–water partition coefficient (Wildman–Crippen LogP) is 1.81. The Balaban J connectivity index is 3.17. The molecule has 0 aliphatic carbocycles. The third-order valence-electron chi connectivity index (χ3n) is 0.944. The molecule has 0 atom stereocenters. The van der Waals surface area contributed by atoms with Crippen molar-refractivity contribution >= 4 is 0 Å². The summed E-state index contributed by atoms with van der Waals surface area (Å²) in [7, 11) is 0. The van der Waals surface area contributed by atoms with E-state index in [-0.39, 0.29) is 0 Å². The van der Waals surface area contributed by atoms with Gasteiger partial charge in [0.1, 0.15) is 0 Å². The van der Waals surface area contributed by atoms with Crippen LogP contribution in [0.2, 0.25) is 0 Å². The molecule has 0 heterocycles. The summed E-state index contributed by atoms with van der Waals surface area (Å²) >= 11 is 0. The standard InChI is InChI=1S/C8H17N/c1-5-6-9-7-8(2,3)4/h5,9H,1,6-7H2,2-4H3. The van der Waals surface area contributed by atoms with Crippen molar-refractivity contribution in [3.05, 3.63) is 12.7 Å². The first-order valence-electron chi connectivity index (χ1n) is 3.38. The van der Waals surface area contributed by atoms with Gasteiger partial charge in [-0.25, -0.2) is 0 Å². The first-order valence-corrected chi connectivity index (χ1v) is 3.38. The molecule has 0 aromatic carbocycles. The van der Waals surface area contributed by atoms with Gasteiger partial charge in [0.05, 0.1) is 0 Å². The predicted molar refractivity (Wildman–Crippen MR) is 42.5 cm³/mol. The van der Waals surface area contributed by atoms with Gasteiger partial charge in [-0.3, -0.25) is 0 Å². The van der Waals surface area contributed by atoms with E-state index in [9.17, 15) is 0 Å². The van der Waals surface area contributed by atoms with Crippen LogP contribution in [0, 0.1) is 5.41 Å². The summed E-state index contributed by atoms with van der Waals surface area (Å²) in [6.45, 7) is 12.2. The molecule has 0 spiro atoms. The molecule has 0 aromatic rings. The molecule has 54 valence electrons. The molecule has 9 heavy (non-hydrogen) atoms. The Hall–Kier alpha value is -0.300. The normalized spacial score (nSPS) is 11.4. The van der Waals surface area contributed by atoms with E-state index in [0.29, 0.717) is 5.41 Å². The highest BCUT2D eigenvalue weighted by Crippen LogP contribution is 2.09. The largest absolute Gasteiger partial charge is 0.313 e. The van der Waals surface area contributed by atoms with Crippen LogP contribution in [0.3, 0.4) is 0 Å². The zero-order valence-corrected chi connectivity index (χ0v) is 6.70. The van der Waals surface area contributed by atoms with E-state index >= 15 is 0 Å². The van der Waals surface area contributed by atoms with Gasteiger partial charge in [0.25, 0.3) is 0 Å². The van der Waals surface area contributed by atoms with Crippen molar-refractivity contribution < 1.29 is 0 Å². The zero-order valence-electron chi connectivity index (χ0n) is 6.70. The summed E-state index contributed by atoms with van der Waals surface area (Å²) in [6.07, 6.45) is 1.88. The van der Waals surface area contributed by atoms with Gasteiger partial charge in [-0.15, -0.1) is 6.58 Å². The molecular formula is C8H17N. The third kappa shape index (κ3) is 7.70. The Labute approximate surface area is 58.2 Å². The number of hydrogen-bond donors (Lipinski definition) is 1. The third-order valence-corrected chi connectivity index (χ3v) is 0.944. The van der Waals surface area contributed by atoms with E-state index in [4.69, 9.17) is 0 Å². The van der Waals surface area contributed by atoms with Gasteiger partial charge in [0.2, 0.25) is 0 Å². The average Bonchev–Trinajstić information content (AvgIpc) is 1.63. The summed E-state index contributed by atoms with van der Waals surface area (Å²) in [5.74, 6) is 0. The van der Waals surface area contributed by atoms with Gasteiger partial charge < -0.3 is 5.32 Å². The molecule has 0 radical (unpaired) electrons. The van der Waals surface area contributed by atoms with E-state index in [2.05, 4.69) is 32.7 Å². The number of rotatable bonds is 3. The summed E-state index contributed by atoms with van der Waals surface area (Å²) in [6, 6.07) is 0. The van der Waals surface area contributed by atoms with Crippen molar-refractivity contribution in [3.63, 3.8) is 0 Å². The van der Waals surface area contributed by atoms with Crippen LogP contribution in [-0.4, -0.2) is 13.1 Å². The van der Waals surface area contributed by atoms with Crippen LogP contribution in [0.1, 0.15) is 20.8 Å². The zero-order chi connectivity index (χ0) is 7.33. The summed E-state index contributed by atoms with van der Waals surface area (Å²) in [5, 5.41) is 3.26. The number of nitrogens with one attached hydrogen (secondary N) is 1. The van der Waals surface area contributed by atoms with Crippen LogP contribution < -0.4 is 5.32 Å². The van der Waals surface area contributed by atoms with Crippen molar-refractivity contribution in [3.8, 4) is 0 Å². The van der Waals surface area contributed by atoms with Crippen LogP contribution in [0.25, 0.3) is 0 Å². The summed E-state index contributed by atoms with van der Waals surface area (Å²) in [4.78, 5) is 0. The second-order valence-corrected chi connectivity index (χ2v) is 3.48. The van der Waals surface area contributed by atoms with E-state index in [1.54, 1.807) is 0 Å². The van der Waals surface area contributed by atoms with Gasteiger partial charge in [-0.2, -0.15) is 0 Å². The molecular weight excluding hydrogens is 110 g/mol. The minimum atomic E-state index is 0.392. The Bertz CT molecular complexity index is 79.1. The second-order valence-electron chi connectivity index (χ2n) is 3.48. The number of hydrogen-bond acceptors (Lipinski definition) is 1. The van der Waals surface area contributed by atoms with E-state index in [1.807, 2.05) is 6.08 Å². The molecule has 0 saturated heterocycles. The van der Waals surface area contributed by atoms with Gasteiger partial charge >= 0.3 is 0 Å². The van der Waals surface area contributed by atoms with Crippen LogP contribution >= 0.6 is 0 Å². The van der Waals surface area contributed by atoms with Gasteiger partial charge in [0, 0.05) is 13.1 Å². The summed E-state index contributed by atoms with van der Waals surface area (Å²) in [5.41, 5.74) is 0.392. The molecule has 0 rings (SSSR count). The van der Waals surface area contributed by atoms with Crippen molar-refractivity contribution in [2.45, 2.75) is 20.8 Å². The molecule has 0 fully saturated rings. The minimum absolute atomic E-state index is 0.392. The molecule has 1 heteroatoms. The van der Waals surface area contributed by atoms with E-state index in [0.717, 1.165) is 13.1 Å². The highest BCUT2D eigenvalue weighted by atomic mass is 14.9. The monoisotopic (exact) mass is 127 g/mol. The molecule has 1 nitrogen and oxygen atoms in total. The summed E-state index contributed by atoms with van der Waals surface area (Å²) < 4.78 is 0.